The fraction of sp³-hybridized carbons (Fsp3) is 0.562. The predicted octanol–water partition coefficient (Wildman–Crippen LogP) is 3.38. The van der Waals surface area contributed by atoms with E-state index in [4.69, 9.17) is 0 Å². The number of nitrogens with zero attached hydrogens (tertiary/aromatic N) is 1. The van der Waals surface area contributed by atoms with E-state index < -0.39 is 0 Å². The van der Waals surface area contributed by atoms with Crippen LogP contribution in [0.5, 0.6) is 0 Å². The lowest BCUT2D eigenvalue weighted by atomic mass is 9.86. The number of aryl methyl sites for hydroxylation is 1. The van der Waals surface area contributed by atoms with Crippen molar-refractivity contribution in [2.75, 3.05) is 13.6 Å². The van der Waals surface area contributed by atoms with Gasteiger partial charge in [-0.05, 0) is 43.5 Å². The fourth-order valence-electron chi connectivity index (χ4n) is 2.91. The average Bonchev–Trinajstić information content (AvgIpc) is 2.40. The third kappa shape index (κ3) is 3.61. The Morgan fingerprint density at radius 2 is 2.10 bits per heavy atom. The van der Waals surface area contributed by atoms with E-state index in [-0.39, 0.29) is 17.9 Å². The van der Waals surface area contributed by atoms with Gasteiger partial charge in [-0.2, -0.15) is 0 Å². The van der Waals surface area contributed by atoms with Crippen molar-refractivity contribution in [2.24, 2.45) is 5.92 Å². The first-order valence-corrected chi connectivity index (χ1v) is 7.98. The zero-order chi connectivity index (χ0) is 14.7. The van der Waals surface area contributed by atoms with Crippen LogP contribution in [0.25, 0.3) is 0 Å². The monoisotopic (exact) mass is 339 g/mol. The van der Waals surface area contributed by atoms with Crippen LogP contribution in [0, 0.1) is 12.8 Å². The Bertz CT molecular complexity index is 489. The first-order chi connectivity index (χ1) is 9.49. The Kier molecular flexibility index (Phi) is 5.22. The normalized spacial score (nSPS) is 22.6. The van der Waals surface area contributed by atoms with Gasteiger partial charge in [-0.1, -0.05) is 28.8 Å². The molecular weight excluding hydrogens is 318 g/mol. The Labute approximate surface area is 129 Å². The van der Waals surface area contributed by atoms with Crippen LogP contribution in [-0.4, -0.2) is 35.6 Å². The molecule has 1 aromatic rings. The van der Waals surface area contributed by atoms with Gasteiger partial charge in [-0.3, -0.25) is 4.79 Å². The molecule has 0 bridgehead atoms. The van der Waals surface area contributed by atoms with E-state index in [9.17, 15) is 9.90 Å². The maximum atomic E-state index is 12.5. The lowest BCUT2D eigenvalue weighted by Crippen LogP contribution is -2.38. The zero-order valence-electron chi connectivity index (χ0n) is 12.1. The van der Waals surface area contributed by atoms with Crippen LogP contribution in [-0.2, 0) is 0 Å². The van der Waals surface area contributed by atoms with Crippen LogP contribution < -0.4 is 0 Å². The van der Waals surface area contributed by atoms with Crippen LogP contribution in [0.4, 0.5) is 0 Å². The van der Waals surface area contributed by atoms with Gasteiger partial charge in [-0.15, -0.1) is 0 Å². The summed E-state index contributed by atoms with van der Waals surface area (Å²) in [6, 6.07) is 5.70. The molecule has 3 nitrogen and oxygen atoms in total. The molecule has 0 spiro atoms. The molecule has 1 aromatic carbocycles. The number of hydrogen-bond acceptors (Lipinski definition) is 2. The minimum absolute atomic E-state index is 0.0350. The van der Waals surface area contributed by atoms with Crippen molar-refractivity contribution >= 4 is 21.8 Å². The summed E-state index contributed by atoms with van der Waals surface area (Å²) in [7, 11) is 1.82. The molecule has 1 aliphatic rings. The molecule has 2 rings (SSSR count). The molecule has 0 heterocycles. The molecule has 1 N–H and O–H groups in total. The summed E-state index contributed by atoms with van der Waals surface area (Å²) in [5.41, 5.74) is 1.71. The average molecular weight is 340 g/mol. The van der Waals surface area contributed by atoms with E-state index in [1.807, 2.05) is 32.2 Å². The maximum absolute atomic E-state index is 12.5. The minimum Gasteiger partial charge on any atom is -0.393 e. The minimum atomic E-state index is -0.259. The molecule has 110 valence electrons. The van der Waals surface area contributed by atoms with Crippen molar-refractivity contribution in [2.45, 2.75) is 38.7 Å². The van der Waals surface area contributed by atoms with Crippen LogP contribution >= 0.6 is 15.9 Å². The molecule has 0 saturated heterocycles. The highest BCUT2D eigenvalue weighted by Gasteiger charge is 2.26. The van der Waals surface area contributed by atoms with E-state index in [1.165, 1.54) is 0 Å². The summed E-state index contributed by atoms with van der Waals surface area (Å²) in [4.78, 5) is 14.2. The smallest absolute Gasteiger partial charge is 0.253 e. The number of carbonyl (C=O) groups excluding carboxylic acids is 1. The van der Waals surface area contributed by atoms with E-state index in [2.05, 4.69) is 15.9 Å². The largest absolute Gasteiger partial charge is 0.393 e. The van der Waals surface area contributed by atoms with Gasteiger partial charge < -0.3 is 10.0 Å². The van der Waals surface area contributed by atoms with Crippen molar-refractivity contribution in [1.82, 2.24) is 4.90 Å². The summed E-state index contributed by atoms with van der Waals surface area (Å²) < 4.78 is 0.983. The second kappa shape index (κ2) is 6.72. The molecule has 0 aliphatic heterocycles. The van der Waals surface area contributed by atoms with Gasteiger partial charge in [0.25, 0.3) is 5.91 Å². The Hall–Kier alpha value is -0.870. The van der Waals surface area contributed by atoms with Gasteiger partial charge in [-0.25, -0.2) is 0 Å². The summed E-state index contributed by atoms with van der Waals surface area (Å²) >= 11 is 3.41. The first kappa shape index (κ1) is 15.5. The summed E-state index contributed by atoms with van der Waals surface area (Å²) in [6.07, 6.45) is 3.87. The maximum Gasteiger partial charge on any atom is 0.253 e. The quantitative estimate of drug-likeness (QED) is 0.916. The Morgan fingerprint density at radius 3 is 2.75 bits per heavy atom. The number of benzene rings is 1. The first-order valence-electron chi connectivity index (χ1n) is 7.18. The molecule has 2 atom stereocenters. The fourth-order valence-corrected chi connectivity index (χ4v) is 3.38. The summed E-state index contributed by atoms with van der Waals surface area (Å²) in [5, 5.41) is 10.0. The van der Waals surface area contributed by atoms with Gasteiger partial charge in [0.2, 0.25) is 0 Å². The molecule has 20 heavy (non-hydrogen) atoms. The van der Waals surface area contributed by atoms with Crippen molar-refractivity contribution in [3.63, 3.8) is 0 Å². The van der Waals surface area contributed by atoms with Gasteiger partial charge in [0.05, 0.1) is 6.10 Å². The number of aliphatic hydroxyl groups is 1. The molecular formula is C16H22BrNO2. The van der Waals surface area contributed by atoms with Crippen molar-refractivity contribution in [3.05, 3.63) is 33.8 Å². The molecule has 1 fully saturated rings. The predicted molar refractivity (Wildman–Crippen MR) is 83.8 cm³/mol. The molecule has 0 aromatic heterocycles. The molecule has 1 saturated carbocycles. The van der Waals surface area contributed by atoms with Crippen LogP contribution in [0.1, 0.15) is 41.6 Å². The standard InChI is InChI=1S/C16H22BrNO2/c1-11-9-13(17)7-8-14(11)16(20)18(2)10-12-5-3-4-6-15(12)19/h7-9,12,15,19H,3-6,10H2,1-2H3. The second-order valence-electron chi connectivity index (χ2n) is 5.76. The molecule has 4 heteroatoms. The lowest BCUT2D eigenvalue weighted by molar-refractivity contribution is 0.0451. The molecule has 1 amide bonds. The van der Waals surface area contributed by atoms with Crippen molar-refractivity contribution < 1.29 is 9.90 Å². The Morgan fingerprint density at radius 1 is 1.40 bits per heavy atom. The number of amides is 1. The molecule has 1 aliphatic carbocycles. The number of carbonyl (C=O) groups is 1. The van der Waals surface area contributed by atoms with E-state index in [1.54, 1.807) is 4.90 Å². The van der Waals surface area contributed by atoms with Crippen LogP contribution in [0.3, 0.4) is 0 Å². The third-order valence-electron chi connectivity index (χ3n) is 4.14. The van der Waals surface area contributed by atoms with Gasteiger partial charge in [0.15, 0.2) is 0 Å². The van der Waals surface area contributed by atoms with Gasteiger partial charge in [0, 0.05) is 29.5 Å². The van der Waals surface area contributed by atoms with Crippen LogP contribution in [0.2, 0.25) is 0 Å². The van der Waals surface area contributed by atoms with Gasteiger partial charge in [0.1, 0.15) is 0 Å². The summed E-state index contributed by atoms with van der Waals surface area (Å²) in [6.45, 7) is 2.58. The molecule has 0 radical (unpaired) electrons. The van der Waals surface area contributed by atoms with E-state index in [0.29, 0.717) is 6.54 Å². The molecule has 2 unspecified atom stereocenters. The highest BCUT2D eigenvalue weighted by molar-refractivity contribution is 9.10. The second-order valence-corrected chi connectivity index (χ2v) is 6.67. The third-order valence-corrected chi connectivity index (χ3v) is 4.64. The Balaban J connectivity index is 2.04. The number of aliphatic hydroxyl groups excluding tert-OH is 1. The van der Waals surface area contributed by atoms with Crippen molar-refractivity contribution in [1.29, 1.82) is 0 Å². The number of rotatable bonds is 3. The topological polar surface area (TPSA) is 40.5 Å². The van der Waals surface area contributed by atoms with E-state index in [0.717, 1.165) is 41.3 Å². The van der Waals surface area contributed by atoms with E-state index >= 15 is 0 Å². The van der Waals surface area contributed by atoms with Crippen molar-refractivity contribution in [3.8, 4) is 0 Å². The SMILES string of the molecule is Cc1cc(Br)ccc1C(=O)N(C)CC1CCCCC1O. The number of halogens is 1. The highest BCUT2D eigenvalue weighted by atomic mass is 79.9. The van der Waals surface area contributed by atoms with Gasteiger partial charge >= 0.3 is 0 Å². The number of hydrogen-bond donors (Lipinski definition) is 1. The van der Waals surface area contributed by atoms with Crippen LogP contribution in [0.15, 0.2) is 22.7 Å². The lowest BCUT2D eigenvalue weighted by Gasteiger charge is -2.31. The zero-order valence-corrected chi connectivity index (χ0v) is 13.7. The summed E-state index contributed by atoms with van der Waals surface area (Å²) in [5.74, 6) is 0.251. The highest BCUT2D eigenvalue weighted by Crippen LogP contribution is 2.25.